The Bertz CT molecular complexity index is 312. The van der Waals surface area contributed by atoms with E-state index in [2.05, 4.69) is 84.4 Å². The zero-order chi connectivity index (χ0) is 18.9. The third-order valence-electron chi connectivity index (χ3n) is 5.84. The quantitative estimate of drug-likeness (QED) is 0.495. The molecule has 3 heteroatoms. The minimum atomic E-state index is 0.264. The van der Waals surface area contributed by atoms with Crippen LogP contribution in [0.25, 0.3) is 0 Å². The van der Waals surface area contributed by atoms with Gasteiger partial charge in [0, 0.05) is 12.1 Å². The number of hydrogen-bond acceptors (Lipinski definition) is 3. The van der Waals surface area contributed by atoms with Gasteiger partial charge in [0.25, 0.3) is 0 Å². The van der Waals surface area contributed by atoms with Gasteiger partial charge in [0.05, 0.1) is 0 Å². The van der Waals surface area contributed by atoms with Gasteiger partial charge < -0.3 is 14.7 Å². The largest absolute Gasteiger partial charge is 0.309 e. The molecule has 0 aliphatic heterocycles. The highest BCUT2D eigenvalue weighted by Gasteiger charge is 2.30. The smallest absolute Gasteiger partial charge is 0.0176 e. The van der Waals surface area contributed by atoms with Crippen LogP contribution in [0.15, 0.2) is 0 Å². The SMILES string of the molecule is CC(C)CN(C)CCC(C)C(C)(C)N(C)CCC(C)CCN(C)C. The molecule has 0 rings (SSSR count). The maximum atomic E-state index is 2.59. The molecule has 3 nitrogen and oxygen atoms in total. The Morgan fingerprint density at radius 3 is 1.79 bits per heavy atom. The second-order valence-electron chi connectivity index (χ2n) is 9.41. The summed E-state index contributed by atoms with van der Waals surface area (Å²) in [4.78, 5) is 7.37. The van der Waals surface area contributed by atoms with Crippen LogP contribution in [0, 0.1) is 17.8 Å². The van der Waals surface area contributed by atoms with Gasteiger partial charge in [-0.15, -0.1) is 0 Å². The van der Waals surface area contributed by atoms with Crippen molar-refractivity contribution in [3.63, 3.8) is 0 Å². The summed E-state index contributed by atoms with van der Waals surface area (Å²) in [5, 5.41) is 0. The fourth-order valence-corrected chi connectivity index (χ4v) is 3.18. The van der Waals surface area contributed by atoms with E-state index in [-0.39, 0.29) is 5.54 Å². The van der Waals surface area contributed by atoms with Gasteiger partial charge >= 0.3 is 0 Å². The van der Waals surface area contributed by atoms with Crippen molar-refractivity contribution in [2.45, 2.75) is 66.3 Å². The van der Waals surface area contributed by atoms with Gasteiger partial charge in [0.15, 0.2) is 0 Å². The molecule has 0 bridgehead atoms. The third kappa shape index (κ3) is 10.0. The molecule has 0 N–H and O–H groups in total. The van der Waals surface area contributed by atoms with Crippen molar-refractivity contribution in [1.29, 1.82) is 0 Å². The first kappa shape index (κ1) is 23.9. The average Bonchev–Trinajstić information content (AvgIpc) is 2.47. The first-order valence-corrected chi connectivity index (χ1v) is 10.0. The Hall–Kier alpha value is -0.120. The number of hydrogen-bond donors (Lipinski definition) is 0. The minimum absolute atomic E-state index is 0.264. The molecule has 0 amide bonds. The maximum absolute atomic E-state index is 2.59. The third-order valence-corrected chi connectivity index (χ3v) is 5.84. The topological polar surface area (TPSA) is 9.72 Å². The van der Waals surface area contributed by atoms with Crippen LogP contribution in [0.2, 0.25) is 0 Å². The molecule has 0 fully saturated rings. The lowest BCUT2D eigenvalue weighted by Gasteiger charge is -2.42. The van der Waals surface area contributed by atoms with E-state index >= 15 is 0 Å². The van der Waals surface area contributed by atoms with Crippen molar-refractivity contribution in [1.82, 2.24) is 14.7 Å². The Labute approximate surface area is 153 Å². The van der Waals surface area contributed by atoms with Crippen molar-refractivity contribution in [3.05, 3.63) is 0 Å². The van der Waals surface area contributed by atoms with Gasteiger partial charge in [0.2, 0.25) is 0 Å². The normalized spacial score (nSPS) is 15.8. The van der Waals surface area contributed by atoms with Gasteiger partial charge in [0.1, 0.15) is 0 Å². The van der Waals surface area contributed by atoms with E-state index in [0.717, 1.165) is 11.8 Å². The van der Waals surface area contributed by atoms with Gasteiger partial charge in [-0.3, -0.25) is 0 Å². The van der Waals surface area contributed by atoms with Crippen LogP contribution < -0.4 is 0 Å². The molecule has 146 valence electrons. The number of rotatable bonds is 13. The van der Waals surface area contributed by atoms with Crippen molar-refractivity contribution in [2.75, 3.05) is 54.4 Å². The summed E-state index contributed by atoms with van der Waals surface area (Å²) in [5.74, 6) is 2.26. The Kier molecular flexibility index (Phi) is 11.4. The fraction of sp³-hybridized carbons (Fsp3) is 1.00. The Morgan fingerprint density at radius 2 is 1.29 bits per heavy atom. The maximum Gasteiger partial charge on any atom is 0.0176 e. The van der Waals surface area contributed by atoms with E-state index in [4.69, 9.17) is 0 Å². The Morgan fingerprint density at radius 1 is 0.750 bits per heavy atom. The van der Waals surface area contributed by atoms with Crippen molar-refractivity contribution in [3.8, 4) is 0 Å². The van der Waals surface area contributed by atoms with Crippen LogP contribution in [-0.4, -0.2) is 74.6 Å². The summed E-state index contributed by atoms with van der Waals surface area (Å²) in [6, 6.07) is 0. The summed E-state index contributed by atoms with van der Waals surface area (Å²) < 4.78 is 0. The summed E-state index contributed by atoms with van der Waals surface area (Å²) >= 11 is 0. The van der Waals surface area contributed by atoms with Crippen LogP contribution in [0.1, 0.15) is 60.8 Å². The van der Waals surface area contributed by atoms with Crippen molar-refractivity contribution in [2.24, 2.45) is 17.8 Å². The van der Waals surface area contributed by atoms with Crippen LogP contribution >= 0.6 is 0 Å². The van der Waals surface area contributed by atoms with Crippen molar-refractivity contribution >= 4 is 0 Å². The monoisotopic (exact) mass is 341 g/mol. The molecule has 0 aliphatic rings. The van der Waals surface area contributed by atoms with Crippen LogP contribution in [0.3, 0.4) is 0 Å². The summed E-state index contributed by atoms with van der Waals surface area (Å²) in [6.07, 6.45) is 3.88. The lowest BCUT2D eigenvalue weighted by atomic mass is 9.84. The van der Waals surface area contributed by atoms with E-state index in [1.165, 1.54) is 45.4 Å². The molecule has 0 aromatic rings. The molecule has 0 radical (unpaired) electrons. The molecule has 0 saturated heterocycles. The first-order chi connectivity index (χ1) is 11.0. The molecule has 2 unspecified atom stereocenters. The van der Waals surface area contributed by atoms with Crippen LogP contribution in [0.5, 0.6) is 0 Å². The fourth-order valence-electron chi connectivity index (χ4n) is 3.18. The van der Waals surface area contributed by atoms with E-state index in [0.29, 0.717) is 5.92 Å². The van der Waals surface area contributed by atoms with E-state index in [1.54, 1.807) is 0 Å². The molecular weight excluding hydrogens is 294 g/mol. The highest BCUT2D eigenvalue weighted by atomic mass is 15.2. The average molecular weight is 342 g/mol. The molecule has 24 heavy (non-hydrogen) atoms. The molecule has 0 spiro atoms. The van der Waals surface area contributed by atoms with Crippen LogP contribution in [-0.2, 0) is 0 Å². The Balaban J connectivity index is 4.26. The highest BCUT2D eigenvalue weighted by molar-refractivity contribution is 4.85. The standard InChI is InChI=1S/C21H47N3/c1-18(2)17-23(9)15-13-20(4)21(5,6)24(10)16-12-19(3)11-14-22(7)8/h18-20H,11-17H2,1-10H3. The molecule has 0 aliphatic carbocycles. The van der Waals surface area contributed by atoms with Gasteiger partial charge in [-0.1, -0.05) is 27.7 Å². The minimum Gasteiger partial charge on any atom is -0.309 e. The molecule has 0 aromatic carbocycles. The first-order valence-electron chi connectivity index (χ1n) is 10.0. The van der Waals surface area contributed by atoms with E-state index in [1.807, 2.05) is 0 Å². The molecule has 0 saturated carbocycles. The van der Waals surface area contributed by atoms with Crippen molar-refractivity contribution < 1.29 is 0 Å². The van der Waals surface area contributed by atoms with Gasteiger partial charge in [-0.2, -0.15) is 0 Å². The zero-order valence-electron chi connectivity index (χ0n) is 18.5. The van der Waals surface area contributed by atoms with Gasteiger partial charge in [-0.25, -0.2) is 0 Å². The van der Waals surface area contributed by atoms with Gasteiger partial charge in [-0.05, 0) is 98.7 Å². The number of nitrogens with zero attached hydrogens (tertiary/aromatic N) is 3. The van der Waals surface area contributed by atoms with E-state index < -0.39 is 0 Å². The molecule has 0 heterocycles. The molecule has 2 atom stereocenters. The highest BCUT2D eigenvalue weighted by Crippen LogP contribution is 2.27. The predicted octanol–water partition coefficient (Wildman–Crippen LogP) is 4.29. The second kappa shape index (κ2) is 11.5. The summed E-state index contributed by atoms with van der Waals surface area (Å²) in [6.45, 7) is 19.1. The lowest BCUT2D eigenvalue weighted by Crippen LogP contribution is -2.47. The molecule has 0 aromatic heterocycles. The summed E-state index contributed by atoms with van der Waals surface area (Å²) in [7, 11) is 8.91. The predicted molar refractivity (Wildman–Crippen MR) is 110 cm³/mol. The van der Waals surface area contributed by atoms with E-state index in [9.17, 15) is 0 Å². The molecular formula is C21H47N3. The summed E-state index contributed by atoms with van der Waals surface area (Å²) in [5.41, 5.74) is 0.264. The second-order valence-corrected chi connectivity index (χ2v) is 9.41. The lowest BCUT2D eigenvalue weighted by molar-refractivity contribution is 0.0803. The zero-order valence-corrected chi connectivity index (χ0v) is 18.5. The van der Waals surface area contributed by atoms with Crippen LogP contribution in [0.4, 0.5) is 0 Å².